The first-order valence-electron chi connectivity index (χ1n) is 5.10. The number of carbonyl (C=O) groups is 1. The molecule has 0 saturated carbocycles. The average molecular weight is 232 g/mol. The van der Waals surface area contributed by atoms with Crippen LogP contribution in [0.3, 0.4) is 0 Å². The second-order valence-corrected chi connectivity index (χ2v) is 3.64. The van der Waals surface area contributed by atoms with E-state index in [2.05, 4.69) is 10.1 Å². The summed E-state index contributed by atoms with van der Waals surface area (Å²) >= 11 is 0. The van der Waals surface area contributed by atoms with Gasteiger partial charge in [0.1, 0.15) is 5.75 Å². The fourth-order valence-electron chi connectivity index (χ4n) is 1.45. The van der Waals surface area contributed by atoms with Crippen molar-refractivity contribution in [3.63, 3.8) is 0 Å². The molecule has 0 spiro atoms. The Hall–Kier alpha value is -2.37. The Balaban J connectivity index is 2.15. The molecule has 0 unspecified atom stereocenters. The molecule has 0 aromatic carbocycles. The number of hydrogen-bond donors (Lipinski definition) is 2. The van der Waals surface area contributed by atoms with Crippen LogP contribution < -0.4 is 5.73 Å². The van der Waals surface area contributed by atoms with E-state index in [-0.39, 0.29) is 18.1 Å². The molecule has 0 bridgehead atoms. The third-order valence-corrected chi connectivity index (χ3v) is 2.28. The van der Waals surface area contributed by atoms with Crippen molar-refractivity contribution in [2.75, 3.05) is 0 Å². The Morgan fingerprint density at radius 2 is 2.18 bits per heavy atom. The number of hydrogen-bond acceptors (Lipinski definition) is 4. The van der Waals surface area contributed by atoms with Gasteiger partial charge in [-0.05, 0) is 6.07 Å². The molecular formula is C11H12N4O2. The summed E-state index contributed by atoms with van der Waals surface area (Å²) in [7, 11) is 0. The number of rotatable bonds is 4. The monoisotopic (exact) mass is 232 g/mol. The van der Waals surface area contributed by atoms with Crippen molar-refractivity contribution in [2.24, 2.45) is 5.73 Å². The maximum atomic E-state index is 10.6. The van der Waals surface area contributed by atoms with Gasteiger partial charge in [0.25, 0.3) is 0 Å². The Bertz CT molecular complexity index is 536. The normalized spacial score (nSPS) is 10.4. The number of pyridine rings is 1. The summed E-state index contributed by atoms with van der Waals surface area (Å²) in [6.07, 6.45) is 6.67. The van der Waals surface area contributed by atoms with Gasteiger partial charge in [0.2, 0.25) is 5.91 Å². The highest BCUT2D eigenvalue weighted by Gasteiger charge is 2.04. The van der Waals surface area contributed by atoms with Crippen molar-refractivity contribution >= 4 is 5.91 Å². The van der Waals surface area contributed by atoms with Crippen molar-refractivity contribution in [3.05, 3.63) is 30.9 Å². The first-order valence-corrected chi connectivity index (χ1v) is 5.10. The highest BCUT2D eigenvalue weighted by molar-refractivity contribution is 5.73. The van der Waals surface area contributed by atoms with Gasteiger partial charge in [-0.15, -0.1) is 0 Å². The summed E-state index contributed by atoms with van der Waals surface area (Å²) < 4.78 is 1.63. The molecule has 2 aromatic rings. The molecule has 0 aliphatic rings. The number of nitrogens with two attached hydrogens (primary N) is 1. The van der Waals surface area contributed by atoms with Gasteiger partial charge in [0.05, 0.1) is 12.4 Å². The molecule has 0 aliphatic carbocycles. The molecule has 88 valence electrons. The zero-order chi connectivity index (χ0) is 12.3. The lowest BCUT2D eigenvalue weighted by atomic mass is 10.2. The van der Waals surface area contributed by atoms with Crippen LogP contribution in [-0.4, -0.2) is 25.8 Å². The minimum absolute atomic E-state index is 0.104. The fraction of sp³-hybridized carbons (Fsp3) is 0.182. The van der Waals surface area contributed by atoms with Gasteiger partial charge in [-0.1, -0.05) is 0 Å². The minimum atomic E-state index is -0.360. The summed E-state index contributed by atoms with van der Waals surface area (Å²) in [5, 5.41) is 13.4. The Labute approximate surface area is 97.7 Å². The average Bonchev–Trinajstić information content (AvgIpc) is 2.75. The van der Waals surface area contributed by atoms with Crippen molar-refractivity contribution in [2.45, 2.75) is 13.0 Å². The van der Waals surface area contributed by atoms with Crippen LogP contribution in [0.1, 0.15) is 6.42 Å². The van der Waals surface area contributed by atoms with Gasteiger partial charge >= 0.3 is 0 Å². The lowest BCUT2D eigenvalue weighted by Crippen LogP contribution is -2.13. The van der Waals surface area contributed by atoms with E-state index in [0.29, 0.717) is 6.54 Å². The highest BCUT2D eigenvalue weighted by atomic mass is 16.3. The predicted molar refractivity (Wildman–Crippen MR) is 60.9 cm³/mol. The van der Waals surface area contributed by atoms with E-state index in [1.165, 1.54) is 6.20 Å². The van der Waals surface area contributed by atoms with E-state index >= 15 is 0 Å². The number of amides is 1. The lowest BCUT2D eigenvalue weighted by molar-refractivity contribution is -0.118. The number of aryl methyl sites for hydroxylation is 1. The number of aromatic hydroxyl groups is 1. The van der Waals surface area contributed by atoms with E-state index in [1.807, 2.05) is 0 Å². The highest BCUT2D eigenvalue weighted by Crippen LogP contribution is 2.20. The van der Waals surface area contributed by atoms with Gasteiger partial charge in [0, 0.05) is 36.5 Å². The first kappa shape index (κ1) is 11.1. The summed E-state index contributed by atoms with van der Waals surface area (Å²) in [5.74, 6) is -0.256. The topological polar surface area (TPSA) is 94.0 Å². The number of carbonyl (C=O) groups excluding carboxylic acids is 1. The van der Waals surface area contributed by atoms with Crippen molar-refractivity contribution in [1.29, 1.82) is 0 Å². The Kier molecular flexibility index (Phi) is 3.04. The van der Waals surface area contributed by atoms with Gasteiger partial charge in [-0.25, -0.2) is 0 Å². The van der Waals surface area contributed by atoms with Crippen LogP contribution in [-0.2, 0) is 11.3 Å². The molecule has 2 aromatic heterocycles. The number of primary amides is 1. The van der Waals surface area contributed by atoms with E-state index in [1.54, 1.807) is 29.3 Å². The third kappa shape index (κ3) is 2.81. The molecule has 0 radical (unpaired) electrons. The van der Waals surface area contributed by atoms with Gasteiger partial charge in [0.15, 0.2) is 0 Å². The van der Waals surface area contributed by atoms with Crippen LogP contribution in [0.2, 0.25) is 0 Å². The van der Waals surface area contributed by atoms with Crippen LogP contribution in [0.15, 0.2) is 30.9 Å². The maximum absolute atomic E-state index is 10.6. The molecule has 0 atom stereocenters. The summed E-state index contributed by atoms with van der Waals surface area (Å²) in [6, 6.07) is 1.60. The lowest BCUT2D eigenvalue weighted by Gasteiger charge is -1.98. The van der Waals surface area contributed by atoms with Crippen LogP contribution in [0.25, 0.3) is 11.1 Å². The third-order valence-electron chi connectivity index (χ3n) is 2.28. The quantitative estimate of drug-likeness (QED) is 0.803. The molecule has 3 N–H and O–H groups in total. The van der Waals surface area contributed by atoms with Crippen molar-refractivity contribution < 1.29 is 9.90 Å². The number of nitrogens with zero attached hydrogens (tertiary/aromatic N) is 3. The largest absolute Gasteiger partial charge is 0.506 e. The second-order valence-electron chi connectivity index (χ2n) is 3.64. The zero-order valence-electron chi connectivity index (χ0n) is 9.08. The van der Waals surface area contributed by atoms with Crippen LogP contribution >= 0.6 is 0 Å². The van der Waals surface area contributed by atoms with Crippen LogP contribution in [0, 0.1) is 0 Å². The van der Waals surface area contributed by atoms with E-state index in [9.17, 15) is 9.90 Å². The molecule has 6 heteroatoms. The van der Waals surface area contributed by atoms with E-state index < -0.39 is 0 Å². The molecule has 2 heterocycles. The SMILES string of the molecule is NC(=O)CCn1cc(-c2cncc(O)c2)cn1. The van der Waals surface area contributed by atoms with E-state index in [4.69, 9.17) is 5.73 Å². The molecule has 0 fully saturated rings. The standard InChI is InChI=1S/C11H12N4O2/c12-11(17)1-2-15-7-9(5-14-15)8-3-10(16)6-13-4-8/h3-7,16H,1-2H2,(H2,12,17). The van der Waals surface area contributed by atoms with E-state index in [0.717, 1.165) is 11.1 Å². The van der Waals surface area contributed by atoms with Gasteiger partial charge < -0.3 is 10.8 Å². The minimum Gasteiger partial charge on any atom is -0.506 e. The van der Waals surface area contributed by atoms with Crippen LogP contribution in [0.5, 0.6) is 5.75 Å². The first-order chi connectivity index (χ1) is 8.15. The molecule has 6 nitrogen and oxygen atoms in total. The molecule has 0 aliphatic heterocycles. The zero-order valence-corrected chi connectivity index (χ0v) is 9.08. The molecular weight excluding hydrogens is 220 g/mol. The van der Waals surface area contributed by atoms with Crippen molar-refractivity contribution in [3.8, 4) is 16.9 Å². The molecule has 2 rings (SSSR count). The van der Waals surface area contributed by atoms with Gasteiger partial charge in [-0.3, -0.25) is 14.5 Å². The molecule has 1 amide bonds. The smallest absolute Gasteiger partial charge is 0.219 e. The predicted octanol–water partition coefficient (Wildman–Crippen LogP) is 0.526. The fourth-order valence-corrected chi connectivity index (χ4v) is 1.45. The van der Waals surface area contributed by atoms with Gasteiger partial charge in [-0.2, -0.15) is 5.10 Å². The molecule has 0 saturated heterocycles. The Morgan fingerprint density at radius 3 is 2.88 bits per heavy atom. The number of aromatic nitrogens is 3. The summed E-state index contributed by atoms with van der Waals surface area (Å²) in [5.41, 5.74) is 6.66. The van der Waals surface area contributed by atoms with Crippen LogP contribution in [0.4, 0.5) is 0 Å². The maximum Gasteiger partial charge on any atom is 0.219 e. The summed E-state index contributed by atoms with van der Waals surface area (Å²) in [4.78, 5) is 14.5. The second kappa shape index (κ2) is 4.65. The summed E-state index contributed by atoms with van der Waals surface area (Å²) in [6.45, 7) is 0.446. The van der Waals surface area contributed by atoms with Crippen molar-refractivity contribution in [1.82, 2.24) is 14.8 Å². The Morgan fingerprint density at radius 1 is 1.35 bits per heavy atom. The molecule has 17 heavy (non-hydrogen) atoms.